The van der Waals surface area contributed by atoms with E-state index < -0.39 is 0 Å². The highest BCUT2D eigenvalue weighted by Crippen LogP contribution is 2.57. The van der Waals surface area contributed by atoms with Crippen LogP contribution in [0.3, 0.4) is 0 Å². The Bertz CT molecular complexity index is 3350. The average molecular weight is 902 g/mol. The lowest BCUT2D eigenvalue weighted by Gasteiger charge is -2.41. The number of hydrogen-bond donors (Lipinski definition) is 0. The highest BCUT2D eigenvalue weighted by atomic mass is 15.3. The van der Waals surface area contributed by atoms with Crippen LogP contribution in [0.4, 0.5) is 51.2 Å². The topological polar surface area (TPSA) is 9.72 Å². The van der Waals surface area contributed by atoms with Crippen LogP contribution < -0.4 is 14.7 Å². The third-order valence-corrected chi connectivity index (χ3v) is 15.0. The number of benzene rings is 9. The molecule has 3 heteroatoms. The first-order valence-corrected chi connectivity index (χ1v) is 24.9. The van der Waals surface area contributed by atoms with E-state index >= 15 is 0 Å². The molecule has 0 saturated heterocycles. The Kier molecular flexibility index (Phi) is 11.2. The fourth-order valence-electron chi connectivity index (χ4n) is 11.5. The molecule has 3 nitrogen and oxygen atoms in total. The minimum atomic E-state index is -0.0396. The second-order valence-corrected chi connectivity index (χ2v) is 18.7. The third-order valence-electron chi connectivity index (χ3n) is 15.0. The Balaban J connectivity index is 0.882. The summed E-state index contributed by atoms with van der Waals surface area (Å²) in [4.78, 5) is 7.24. The SMILES string of the molecule is CCC1(CC)C2=C(CCC(/C=C/c3ccc(-c4cc(-c5ccccc5)ccc4N4c5ccccc5N(c5ccccc5)c5ccccc54)cc3)=C2)c2ccc(N(c3ccccc3)c3ccccc3)cc21. The summed E-state index contributed by atoms with van der Waals surface area (Å²) in [7, 11) is 0. The van der Waals surface area contributed by atoms with Gasteiger partial charge in [-0.1, -0.05) is 178 Å². The number of para-hydroxylation sites is 7. The highest BCUT2D eigenvalue weighted by molar-refractivity contribution is 6.04. The quantitative estimate of drug-likeness (QED) is 0.128. The summed E-state index contributed by atoms with van der Waals surface area (Å²) < 4.78 is 0. The van der Waals surface area contributed by atoms with Gasteiger partial charge in [0, 0.05) is 33.7 Å². The monoisotopic (exact) mass is 901 g/mol. The van der Waals surface area contributed by atoms with Crippen molar-refractivity contribution in [2.24, 2.45) is 0 Å². The second kappa shape index (κ2) is 18.3. The minimum absolute atomic E-state index is 0.0396. The molecule has 0 saturated carbocycles. The van der Waals surface area contributed by atoms with Crippen LogP contribution in [0, 0.1) is 0 Å². The molecule has 0 unspecified atom stereocenters. The predicted molar refractivity (Wildman–Crippen MR) is 297 cm³/mol. The number of hydrogen-bond acceptors (Lipinski definition) is 3. The molecular weight excluding hydrogens is 847 g/mol. The molecule has 0 bridgehead atoms. The zero-order chi connectivity index (χ0) is 47.0. The van der Waals surface area contributed by atoms with Gasteiger partial charge in [-0.15, -0.1) is 0 Å². The Hall–Kier alpha value is -8.40. The highest BCUT2D eigenvalue weighted by Gasteiger charge is 2.43. The zero-order valence-corrected chi connectivity index (χ0v) is 39.8. The van der Waals surface area contributed by atoms with Crippen LogP contribution in [0.15, 0.2) is 254 Å². The van der Waals surface area contributed by atoms with Crippen LogP contribution in [0.1, 0.15) is 56.2 Å². The molecule has 0 radical (unpaired) electrons. The molecule has 9 aromatic carbocycles. The molecule has 70 heavy (non-hydrogen) atoms. The van der Waals surface area contributed by atoms with Crippen molar-refractivity contribution in [1.82, 2.24) is 0 Å². The first-order valence-electron chi connectivity index (χ1n) is 24.9. The van der Waals surface area contributed by atoms with E-state index in [-0.39, 0.29) is 5.41 Å². The maximum absolute atomic E-state index is 2.54. The Morgan fingerprint density at radius 3 is 1.57 bits per heavy atom. The Morgan fingerprint density at radius 1 is 0.429 bits per heavy atom. The lowest BCUT2D eigenvalue weighted by Crippen LogP contribution is -2.25. The van der Waals surface area contributed by atoms with Crippen LogP contribution >= 0.6 is 0 Å². The van der Waals surface area contributed by atoms with E-state index in [0.29, 0.717) is 0 Å². The van der Waals surface area contributed by atoms with Crippen molar-refractivity contribution in [3.05, 3.63) is 271 Å². The number of nitrogens with zero attached hydrogens (tertiary/aromatic N) is 3. The summed E-state index contributed by atoms with van der Waals surface area (Å²) in [5.41, 5.74) is 23.6. The van der Waals surface area contributed by atoms with E-state index in [9.17, 15) is 0 Å². The van der Waals surface area contributed by atoms with E-state index in [0.717, 1.165) is 59.8 Å². The molecule has 2 aliphatic carbocycles. The Morgan fingerprint density at radius 2 is 0.971 bits per heavy atom. The lowest BCUT2D eigenvalue weighted by atomic mass is 9.71. The number of anilines is 9. The molecule has 0 atom stereocenters. The van der Waals surface area contributed by atoms with Crippen LogP contribution in [0.2, 0.25) is 0 Å². The fraction of sp³-hybridized carbons (Fsp3) is 0.104. The van der Waals surface area contributed by atoms with Crippen LogP contribution in [-0.4, -0.2) is 0 Å². The van der Waals surface area contributed by atoms with E-state index in [1.807, 2.05) is 0 Å². The van der Waals surface area contributed by atoms with Crippen molar-refractivity contribution in [1.29, 1.82) is 0 Å². The van der Waals surface area contributed by atoms with Crippen molar-refractivity contribution < 1.29 is 0 Å². The molecule has 3 aliphatic rings. The summed E-state index contributed by atoms with van der Waals surface area (Å²) in [5, 5.41) is 0. The van der Waals surface area contributed by atoms with E-state index in [1.165, 1.54) is 72.7 Å². The van der Waals surface area contributed by atoms with Crippen molar-refractivity contribution in [3.63, 3.8) is 0 Å². The summed E-state index contributed by atoms with van der Waals surface area (Å²) in [6, 6.07) is 83.9. The van der Waals surface area contributed by atoms with Gasteiger partial charge in [0.25, 0.3) is 0 Å². The van der Waals surface area contributed by atoms with Gasteiger partial charge in [-0.25, -0.2) is 0 Å². The van der Waals surface area contributed by atoms with Gasteiger partial charge in [-0.3, -0.25) is 0 Å². The summed E-state index contributed by atoms with van der Waals surface area (Å²) >= 11 is 0. The molecule has 0 amide bonds. The van der Waals surface area contributed by atoms with Gasteiger partial charge >= 0.3 is 0 Å². The molecule has 0 spiro atoms. The molecule has 1 aliphatic heterocycles. The van der Waals surface area contributed by atoms with Gasteiger partial charge in [-0.2, -0.15) is 0 Å². The van der Waals surface area contributed by atoms with Crippen molar-refractivity contribution in [2.75, 3.05) is 14.7 Å². The van der Waals surface area contributed by atoms with Gasteiger partial charge in [0.2, 0.25) is 0 Å². The predicted octanol–water partition coefficient (Wildman–Crippen LogP) is 19.0. The number of rotatable bonds is 11. The molecule has 0 N–H and O–H groups in total. The maximum Gasteiger partial charge on any atom is 0.0703 e. The molecule has 338 valence electrons. The first-order chi connectivity index (χ1) is 34.6. The van der Waals surface area contributed by atoms with Gasteiger partial charge in [0.05, 0.1) is 28.4 Å². The van der Waals surface area contributed by atoms with Crippen LogP contribution in [0.25, 0.3) is 33.9 Å². The molecule has 12 rings (SSSR count). The van der Waals surface area contributed by atoms with E-state index in [4.69, 9.17) is 0 Å². The van der Waals surface area contributed by atoms with Gasteiger partial charge in [-0.05, 0) is 161 Å². The number of allylic oxidation sites excluding steroid dienone is 5. The fourth-order valence-corrected chi connectivity index (χ4v) is 11.5. The molecule has 0 fully saturated rings. The Labute approximate surface area is 413 Å². The summed E-state index contributed by atoms with van der Waals surface area (Å²) in [6.45, 7) is 4.76. The first kappa shape index (κ1) is 42.9. The van der Waals surface area contributed by atoms with E-state index in [2.05, 4.69) is 277 Å². The lowest BCUT2D eigenvalue weighted by molar-refractivity contribution is 0.485. The smallest absolute Gasteiger partial charge is 0.0703 e. The van der Waals surface area contributed by atoms with Crippen molar-refractivity contribution >= 4 is 62.8 Å². The summed E-state index contributed by atoms with van der Waals surface area (Å²) in [6.07, 6.45) is 11.4. The largest absolute Gasteiger partial charge is 0.310 e. The minimum Gasteiger partial charge on any atom is -0.310 e. The van der Waals surface area contributed by atoms with E-state index in [1.54, 1.807) is 0 Å². The molecule has 1 heterocycles. The third kappa shape index (κ3) is 7.46. The summed E-state index contributed by atoms with van der Waals surface area (Å²) in [5.74, 6) is 0. The van der Waals surface area contributed by atoms with Gasteiger partial charge in [0.15, 0.2) is 0 Å². The standard InChI is InChI=1S/C67H55N3/c1-3-67(4-2)60-45-49(37-42-57(60)58-43-41-56(47-61(58)67)68(53-23-11-6-12-24-53)54-25-13-7-14-26-54)34-33-48-35-38-51(39-36-48)59-46-52(50-21-9-5-10-22-50)40-44-62(59)70-65-31-19-17-29-63(65)69(55-27-15-8-16-28-55)64-30-18-20-32-66(64)70/h5-36,38-41,43-47H,3-4,37,42H2,1-2H3/b34-33+. The number of fused-ring (bicyclic) bond motifs is 4. The zero-order valence-electron chi connectivity index (χ0n) is 39.8. The average Bonchev–Trinajstić information content (AvgIpc) is 3.71. The van der Waals surface area contributed by atoms with Gasteiger partial charge in [0.1, 0.15) is 0 Å². The molecule has 9 aromatic rings. The molecule has 0 aromatic heterocycles. The van der Waals surface area contributed by atoms with Crippen molar-refractivity contribution in [3.8, 4) is 22.3 Å². The normalized spacial score (nSPS) is 14.5. The van der Waals surface area contributed by atoms with Crippen molar-refractivity contribution in [2.45, 2.75) is 44.9 Å². The van der Waals surface area contributed by atoms with Crippen LogP contribution in [0.5, 0.6) is 0 Å². The molecular formula is C67H55N3. The maximum atomic E-state index is 2.54. The van der Waals surface area contributed by atoms with Gasteiger partial charge < -0.3 is 14.7 Å². The second-order valence-electron chi connectivity index (χ2n) is 18.7. The van der Waals surface area contributed by atoms with Crippen LogP contribution in [-0.2, 0) is 5.41 Å².